The maximum Gasteiger partial charge on any atom is 0.187 e. The molecular weight excluding hydrogens is 280 g/mol. The van der Waals surface area contributed by atoms with Gasteiger partial charge in [-0.3, -0.25) is 0 Å². The number of para-hydroxylation sites is 2. The van der Waals surface area contributed by atoms with Crippen molar-refractivity contribution in [2.45, 2.75) is 45.4 Å². The van der Waals surface area contributed by atoms with Crippen molar-refractivity contribution in [2.75, 3.05) is 11.9 Å². The molecule has 2 rings (SSSR count). The van der Waals surface area contributed by atoms with Gasteiger partial charge in [0, 0.05) is 11.6 Å². The molecule has 0 saturated heterocycles. The van der Waals surface area contributed by atoms with E-state index in [1.807, 2.05) is 29.6 Å². The zero-order valence-electron chi connectivity index (χ0n) is 12.7. The molecule has 3 nitrogen and oxygen atoms in total. The van der Waals surface area contributed by atoms with E-state index < -0.39 is 0 Å². The van der Waals surface area contributed by atoms with Crippen LogP contribution >= 0.6 is 11.3 Å². The summed E-state index contributed by atoms with van der Waals surface area (Å²) in [5.41, 5.74) is 0.985. The van der Waals surface area contributed by atoms with Gasteiger partial charge in [-0.1, -0.05) is 51.2 Å². The van der Waals surface area contributed by atoms with Gasteiger partial charge >= 0.3 is 0 Å². The summed E-state index contributed by atoms with van der Waals surface area (Å²) in [6, 6.07) is 8.04. The Morgan fingerprint density at radius 2 is 1.90 bits per heavy atom. The summed E-state index contributed by atoms with van der Waals surface area (Å²) in [7, 11) is 0. The number of nitrogens with zero attached hydrogens (tertiary/aromatic N) is 1. The number of hydrogen-bond acceptors (Lipinski definition) is 4. The minimum absolute atomic E-state index is 0.780. The number of ether oxygens (including phenoxy) is 1. The molecule has 0 amide bonds. The van der Waals surface area contributed by atoms with Gasteiger partial charge in [-0.15, -0.1) is 11.3 Å². The molecule has 0 fully saturated rings. The largest absolute Gasteiger partial charge is 0.491 e. The number of aromatic nitrogens is 1. The highest BCUT2D eigenvalue weighted by Crippen LogP contribution is 2.28. The van der Waals surface area contributed by atoms with Crippen molar-refractivity contribution in [3.05, 3.63) is 35.8 Å². The molecule has 1 aromatic heterocycles. The summed E-state index contributed by atoms with van der Waals surface area (Å²) >= 11 is 1.59. The van der Waals surface area contributed by atoms with Gasteiger partial charge in [0.1, 0.15) is 5.75 Å². The standard InChI is InChI=1S/C17H24N2OS/c1-2-3-4-5-6-9-13-20-16-11-8-7-10-15(16)19-17-18-12-14-21-17/h7-8,10-12,14H,2-6,9,13H2,1H3,(H,18,19). The molecule has 1 heterocycles. The first kappa shape index (κ1) is 15.8. The highest BCUT2D eigenvalue weighted by Gasteiger charge is 2.04. The lowest BCUT2D eigenvalue weighted by atomic mass is 10.1. The number of anilines is 2. The monoisotopic (exact) mass is 304 g/mol. The predicted octanol–water partition coefficient (Wildman–Crippen LogP) is 5.63. The molecule has 0 radical (unpaired) electrons. The number of thiazole rings is 1. The fraction of sp³-hybridized carbons (Fsp3) is 0.471. The van der Waals surface area contributed by atoms with Crippen LogP contribution in [0.2, 0.25) is 0 Å². The molecule has 0 aliphatic carbocycles. The third-order valence-corrected chi connectivity index (χ3v) is 4.00. The van der Waals surface area contributed by atoms with Gasteiger partial charge in [0.15, 0.2) is 5.13 Å². The van der Waals surface area contributed by atoms with E-state index in [0.717, 1.165) is 29.6 Å². The summed E-state index contributed by atoms with van der Waals surface area (Å²) in [6.45, 7) is 3.03. The molecule has 1 N–H and O–H groups in total. The molecule has 114 valence electrons. The average molecular weight is 304 g/mol. The molecule has 1 aromatic carbocycles. The van der Waals surface area contributed by atoms with Gasteiger partial charge in [-0.05, 0) is 18.6 Å². The first-order valence-electron chi connectivity index (χ1n) is 7.78. The van der Waals surface area contributed by atoms with Crippen LogP contribution in [-0.4, -0.2) is 11.6 Å². The van der Waals surface area contributed by atoms with Crippen LogP contribution in [0, 0.1) is 0 Å². The number of benzene rings is 1. The quantitative estimate of drug-likeness (QED) is 0.578. The summed E-state index contributed by atoms with van der Waals surface area (Å²) in [5, 5.41) is 6.16. The van der Waals surface area contributed by atoms with Gasteiger partial charge in [0.25, 0.3) is 0 Å². The Hall–Kier alpha value is -1.55. The zero-order chi connectivity index (χ0) is 14.8. The summed E-state index contributed by atoms with van der Waals surface area (Å²) in [6.07, 6.45) is 9.48. The van der Waals surface area contributed by atoms with E-state index >= 15 is 0 Å². The van der Waals surface area contributed by atoms with Gasteiger partial charge in [-0.2, -0.15) is 0 Å². The molecule has 0 saturated carbocycles. The van der Waals surface area contributed by atoms with Crippen LogP contribution in [0.5, 0.6) is 5.75 Å². The molecule has 0 bridgehead atoms. The van der Waals surface area contributed by atoms with Crippen molar-refractivity contribution in [1.82, 2.24) is 4.98 Å². The third kappa shape index (κ3) is 5.76. The van der Waals surface area contributed by atoms with Crippen molar-refractivity contribution in [1.29, 1.82) is 0 Å². The normalized spacial score (nSPS) is 10.5. The van der Waals surface area contributed by atoms with Crippen LogP contribution in [-0.2, 0) is 0 Å². The fourth-order valence-corrected chi connectivity index (χ4v) is 2.70. The Bertz CT molecular complexity index is 499. The van der Waals surface area contributed by atoms with E-state index in [4.69, 9.17) is 4.74 Å². The molecule has 0 spiro atoms. The maximum absolute atomic E-state index is 5.91. The molecule has 0 aliphatic heterocycles. The van der Waals surface area contributed by atoms with E-state index in [0.29, 0.717) is 0 Å². The molecule has 0 aliphatic rings. The van der Waals surface area contributed by atoms with Crippen molar-refractivity contribution in [3.63, 3.8) is 0 Å². The highest BCUT2D eigenvalue weighted by atomic mass is 32.1. The van der Waals surface area contributed by atoms with Gasteiger partial charge in [0.2, 0.25) is 0 Å². The molecule has 21 heavy (non-hydrogen) atoms. The van der Waals surface area contributed by atoms with E-state index in [9.17, 15) is 0 Å². The Balaban J connectivity index is 1.75. The van der Waals surface area contributed by atoms with Gasteiger partial charge in [-0.25, -0.2) is 4.98 Å². The maximum atomic E-state index is 5.91. The first-order valence-corrected chi connectivity index (χ1v) is 8.66. The number of rotatable bonds is 10. The lowest BCUT2D eigenvalue weighted by Gasteiger charge is -2.11. The summed E-state index contributed by atoms with van der Waals surface area (Å²) < 4.78 is 5.91. The van der Waals surface area contributed by atoms with Gasteiger partial charge < -0.3 is 10.1 Å². The average Bonchev–Trinajstić information content (AvgIpc) is 3.01. The lowest BCUT2D eigenvalue weighted by molar-refractivity contribution is 0.306. The lowest BCUT2D eigenvalue weighted by Crippen LogP contribution is -2.00. The zero-order valence-corrected chi connectivity index (χ0v) is 13.5. The van der Waals surface area contributed by atoms with Crippen LogP contribution in [0.3, 0.4) is 0 Å². The van der Waals surface area contributed by atoms with Crippen molar-refractivity contribution < 1.29 is 4.74 Å². The van der Waals surface area contributed by atoms with E-state index in [-0.39, 0.29) is 0 Å². The summed E-state index contributed by atoms with van der Waals surface area (Å²) in [4.78, 5) is 4.24. The smallest absolute Gasteiger partial charge is 0.187 e. The number of unbranched alkanes of at least 4 members (excludes halogenated alkanes) is 5. The minimum Gasteiger partial charge on any atom is -0.491 e. The number of hydrogen-bond donors (Lipinski definition) is 1. The SMILES string of the molecule is CCCCCCCCOc1ccccc1Nc1nccs1. The predicted molar refractivity (Wildman–Crippen MR) is 90.7 cm³/mol. The third-order valence-electron chi connectivity index (χ3n) is 3.32. The van der Waals surface area contributed by atoms with E-state index in [2.05, 4.69) is 17.2 Å². The second kappa shape index (κ2) is 9.40. The van der Waals surface area contributed by atoms with Crippen LogP contribution < -0.4 is 10.1 Å². The second-order valence-corrected chi connectivity index (χ2v) is 5.97. The topological polar surface area (TPSA) is 34.1 Å². The van der Waals surface area contributed by atoms with Crippen molar-refractivity contribution in [3.8, 4) is 5.75 Å². The number of nitrogens with one attached hydrogen (secondary N) is 1. The Kier molecular flexibility index (Phi) is 7.08. The van der Waals surface area contributed by atoms with Crippen LogP contribution in [0.1, 0.15) is 45.4 Å². The first-order chi connectivity index (χ1) is 10.4. The van der Waals surface area contributed by atoms with Gasteiger partial charge in [0.05, 0.1) is 12.3 Å². The fourth-order valence-electron chi connectivity index (χ4n) is 2.16. The highest BCUT2D eigenvalue weighted by molar-refractivity contribution is 7.13. The molecule has 2 aromatic rings. The second-order valence-electron chi connectivity index (χ2n) is 5.07. The van der Waals surface area contributed by atoms with Crippen LogP contribution in [0.4, 0.5) is 10.8 Å². The Labute approximate surface area is 131 Å². The van der Waals surface area contributed by atoms with Crippen LogP contribution in [0.25, 0.3) is 0 Å². The minimum atomic E-state index is 0.780. The molecule has 4 heteroatoms. The molecular formula is C17H24N2OS. The van der Waals surface area contributed by atoms with E-state index in [1.54, 1.807) is 17.5 Å². The van der Waals surface area contributed by atoms with E-state index in [1.165, 1.54) is 32.1 Å². The Morgan fingerprint density at radius 1 is 1.10 bits per heavy atom. The van der Waals surface area contributed by atoms with Crippen LogP contribution in [0.15, 0.2) is 35.8 Å². The van der Waals surface area contributed by atoms with Crippen molar-refractivity contribution in [2.24, 2.45) is 0 Å². The molecule has 0 unspecified atom stereocenters. The summed E-state index contributed by atoms with van der Waals surface area (Å²) in [5.74, 6) is 0.904. The van der Waals surface area contributed by atoms with Crippen molar-refractivity contribution >= 4 is 22.2 Å². The molecule has 0 atom stereocenters. The Morgan fingerprint density at radius 3 is 2.71 bits per heavy atom.